The van der Waals surface area contributed by atoms with Gasteiger partial charge in [-0.25, -0.2) is 0 Å². The molecule has 0 spiro atoms. The molecule has 1 aromatic carbocycles. The fourth-order valence-electron chi connectivity index (χ4n) is 1.36. The van der Waals surface area contributed by atoms with Gasteiger partial charge < -0.3 is 14.8 Å². The van der Waals surface area contributed by atoms with E-state index in [4.69, 9.17) is 14.7 Å². The van der Waals surface area contributed by atoms with E-state index in [0.717, 1.165) is 11.4 Å². The third kappa shape index (κ3) is 1.96. The van der Waals surface area contributed by atoms with Crippen LogP contribution in [0.2, 0.25) is 0 Å². The molecule has 0 radical (unpaired) electrons. The fourth-order valence-corrected chi connectivity index (χ4v) is 1.36. The van der Waals surface area contributed by atoms with Crippen LogP contribution in [0.15, 0.2) is 18.2 Å². The predicted octanol–water partition coefficient (Wildman–Crippen LogP) is 2.13. The van der Waals surface area contributed by atoms with Crippen LogP contribution in [0.3, 0.4) is 0 Å². The summed E-state index contributed by atoms with van der Waals surface area (Å²) in [6.07, 6.45) is 0. The van der Waals surface area contributed by atoms with Crippen LogP contribution in [0.1, 0.15) is 13.8 Å². The maximum atomic E-state index is 8.88. The van der Waals surface area contributed by atoms with Crippen molar-refractivity contribution in [2.75, 3.05) is 12.1 Å². The van der Waals surface area contributed by atoms with Gasteiger partial charge in [-0.15, -0.1) is 0 Å². The van der Waals surface area contributed by atoms with Crippen LogP contribution in [0.25, 0.3) is 0 Å². The lowest BCUT2D eigenvalue weighted by Gasteiger charge is -2.19. The van der Waals surface area contributed by atoms with Crippen LogP contribution >= 0.6 is 0 Å². The molecular weight excluding hydrogens is 192 g/mol. The molecule has 2 rings (SSSR count). The van der Waals surface area contributed by atoms with Gasteiger partial charge >= 0.3 is 0 Å². The lowest BCUT2D eigenvalue weighted by Crippen LogP contribution is -2.28. The number of nitrogens with one attached hydrogen (secondary N) is 1. The zero-order valence-electron chi connectivity index (χ0n) is 8.70. The number of benzene rings is 1. The normalized spacial score (nSPS) is 13.4. The second-order valence-corrected chi connectivity index (χ2v) is 3.93. The number of hydrogen-bond acceptors (Lipinski definition) is 4. The highest BCUT2D eigenvalue weighted by molar-refractivity contribution is 5.57. The molecule has 0 bridgehead atoms. The topological polar surface area (TPSA) is 54.3 Å². The SMILES string of the molecule is CC(C)(C#N)Nc1ccc2c(c1)OCO2. The van der Waals surface area contributed by atoms with Crippen molar-refractivity contribution in [1.29, 1.82) is 5.26 Å². The molecule has 0 aliphatic carbocycles. The first-order valence-electron chi connectivity index (χ1n) is 4.70. The van der Waals surface area contributed by atoms with Crippen LogP contribution in [-0.4, -0.2) is 12.3 Å². The van der Waals surface area contributed by atoms with E-state index in [0.29, 0.717) is 5.75 Å². The number of anilines is 1. The van der Waals surface area contributed by atoms with E-state index in [1.165, 1.54) is 0 Å². The molecule has 0 fully saturated rings. The molecule has 1 heterocycles. The van der Waals surface area contributed by atoms with Gasteiger partial charge in [0.15, 0.2) is 11.5 Å². The van der Waals surface area contributed by atoms with Gasteiger partial charge in [0, 0.05) is 11.8 Å². The maximum absolute atomic E-state index is 8.88. The molecule has 0 aromatic heterocycles. The second-order valence-electron chi connectivity index (χ2n) is 3.93. The first-order valence-corrected chi connectivity index (χ1v) is 4.70. The summed E-state index contributed by atoms with van der Waals surface area (Å²) in [6, 6.07) is 7.71. The minimum absolute atomic E-state index is 0.264. The van der Waals surface area contributed by atoms with Crippen molar-refractivity contribution >= 4 is 5.69 Å². The van der Waals surface area contributed by atoms with Gasteiger partial charge in [-0.3, -0.25) is 0 Å². The molecule has 0 saturated carbocycles. The highest BCUT2D eigenvalue weighted by Gasteiger charge is 2.18. The maximum Gasteiger partial charge on any atom is 0.231 e. The van der Waals surface area contributed by atoms with Crippen LogP contribution < -0.4 is 14.8 Å². The second kappa shape index (κ2) is 3.35. The summed E-state index contributed by atoms with van der Waals surface area (Å²) in [4.78, 5) is 0. The molecular formula is C11H12N2O2. The van der Waals surface area contributed by atoms with Gasteiger partial charge in [0.2, 0.25) is 6.79 Å². The molecule has 1 N–H and O–H groups in total. The quantitative estimate of drug-likeness (QED) is 0.801. The van der Waals surface area contributed by atoms with Crippen molar-refractivity contribution < 1.29 is 9.47 Å². The minimum Gasteiger partial charge on any atom is -0.454 e. The van der Waals surface area contributed by atoms with Gasteiger partial charge in [-0.05, 0) is 26.0 Å². The van der Waals surface area contributed by atoms with E-state index in [1.54, 1.807) is 0 Å². The Labute approximate surface area is 88.4 Å². The Morgan fingerprint density at radius 1 is 1.33 bits per heavy atom. The van der Waals surface area contributed by atoms with Crippen LogP contribution in [0, 0.1) is 11.3 Å². The van der Waals surface area contributed by atoms with Gasteiger partial charge in [0.1, 0.15) is 5.54 Å². The fraction of sp³-hybridized carbons (Fsp3) is 0.364. The standard InChI is InChI=1S/C11H12N2O2/c1-11(2,6-12)13-8-3-4-9-10(5-8)15-7-14-9/h3-5,13H,7H2,1-2H3. The third-order valence-corrected chi connectivity index (χ3v) is 2.11. The monoisotopic (exact) mass is 204 g/mol. The van der Waals surface area contributed by atoms with E-state index in [9.17, 15) is 0 Å². The highest BCUT2D eigenvalue weighted by atomic mass is 16.7. The smallest absolute Gasteiger partial charge is 0.231 e. The lowest BCUT2D eigenvalue weighted by atomic mass is 10.1. The largest absolute Gasteiger partial charge is 0.454 e. The van der Waals surface area contributed by atoms with Crippen molar-refractivity contribution in [2.24, 2.45) is 0 Å². The summed E-state index contributed by atoms with van der Waals surface area (Å²) in [6.45, 7) is 3.90. The van der Waals surface area contributed by atoms with Crippen molar-refractivity contribution in [2.45, 2.75) is 19.4 Å². The zero-order chi connectivity index (χ0) is 10.9. The molecule has 1 aliphatic rings. The van der Waals surface area contributed by atoms with Crippen molar-refractivity contribution in [1.82, 2.24) is 0 Å². The Morgan fingerprint density at radius 3 is 2.80 bits per heavy atom. The molecule has 1 aromatic rings. The lowest BCUT2D eigenvalue weighted by molar-refractivity contribution is 0.174. The number of hydrogen-bond donors (Lipinski definition) is 1. The van der Waals surface area contributed by atoms with Gasteiger partial charge in [-0.2, -0.15) is 5.26 Å². The van der Waals surface area contributed by atoms with Gasteiger partial charge in [0.25, 0.3) is 0 Å². The first-order chi connectivity index (χ1) is 7.11. The Balaban J connectivity index is 2.21. The van der Waals surface area contributed by atoms with Crippen LogP contribution in [0.4, 0.5) is 5.69 Å². The summed E-state index contributed by atoms with van der Waals surface area (Å²) in [5, 5.41) is 12.0. The molecule has 0 unspecified atom stereocenters. The van der Waals surface area contributed by atoms with E-state index >= 15 is 0 Å². The van der Waals surface area contributed by atoms with E-state index in [2.05, 4.69) is 11.4 Å². The average Bonchev–Trinajstić information content (AvgIpc) is 2.64. The Bertz CT molecular complexity index is 421. The number of fused-ring (bicyclic) bond motifs is 1. The summed E-state index contributed by atoms with van der Waals surface area (Å²) in [5.74, 6) is 1.46. The van der Waals surface area contributed by atoms with Gasteiger partial charge in [-0.1, -0.05) is 0 Å². The summed E-state index contributed by atoms with van der Waals surface area (Å²) in [5.41, 5.74) is 0.263. The van der Waals surface area contributed by atoms with Crippen molar-refractivity contribution in [3.05, 3.63) is 18.2 Å². The molecule has 0 saturated heterocycles. The summed E-state index contributed by atoms with van der Waals surface area (Å²) in [7, 11) is 0. The van der Waals surface area contributed by atoms with E-state index < -0.39 is 5.54 Å². The number of nitrogens with zero attached hydrogens (tertiary/aromatic N) is 1. The molecule has 4 heteroatoms. The average molecular weight is 204 g/mol. The minimum atomic E-state index is -0.590. The molecule has 78 valence electrons. The number of nitriles is 1. The third-order valence-electron chi connectivity index (χ3n) is 2.11. The Morgan fingerprint density at radius 2 is 2.07 bits per heavy atom. The predicted molar refractivity (Wildman–Crippen MR) is 55.9 cm³/mol. The van der Waals surface area contributed by atoms with Gasteiger partial charge in [0.05, 0.1) is 6.07 Å². The van der Waals surface area contributed by atoms with Crippen molar-refractivity contribution in [3.8, 4) is 17.6 Å². The van der Waals surface area contributed by atoms with E-state index in [1.807, 2.05) is 32.0 Å². The summed E-state index contributed by atoms with van der Waals surface area (Å²) >= 11 is 0. The highest BCUT2D eigenvalue weighted by Crippen LogP contribution is 2.34. The number of rotatable bonds is 2. The molecule has 1 aliphatic heterocycles. The van der Waals surface area contributed by atoms with Crippen LogP contribution in [-0.2, 0) is 0 Å². The Kier molecular flexibility index (Phi) is 2.16. The first kappa shape index (κ1) is 9.66. The van der Waals surface area contributed by atoms with Crippen molar-refractivity contribution in [3.63, 3.8) is 0 Å². The zero-order valence-corrected chi connectivity index (χ0v) is 8.70. The molecule has 15 heavy (non-hydrogen) atoms. The molecule has 0 amide bonds. The summed E-state index contributed by atoms with van der Waals surface area (Å²) < 4.78 is 10.4. The molecule has 0 atom stereocenters. The Hall–Kier alpha value is -1.89. The molecule has 4 nitrogen and oxygen atoms in total. The number of ether oxygens (including phenoxy) is 2. The van der Waals surface area contributed by atoms with E-state index in [-0.39, 0.29) is 6.79 Å². The van der Waals surface area contributed by atoms with Crippen LogP contribution in [0.5, 0.6) is 11.5 Å².